The number of nitrogens with one attached hydrogen (secondary N) is 2. The zero-order valence-corrected chi connectivity index (χ0v) is 12.9. The first kappa shape index (κ1) is 16.3. The van der Waals surface area contributed by atoms with E-state index in [0.717, 1.165) is 11.8 Å². The highest BCUT2D eigenvalue weighted by Gasteiger charge is 2.09. The lowest BCUT2D eigenvalue weighted by molar-refractivity contribution is -0.119. The molecule has 2 aromatic carbocycles. The van der Waals surface area contributed by atoms with Crippen LogP contribution >= 0.6 is 23.4 Å². The SMILES string of the molecule is O=C(CSc1ccccc1F)NNC(=O)c1ccc(Cl)cc1. The Labute approximate surface area is 136 Å². The molecule has 0 unspecified atom stereocenters. The summed E-state index contributed by atoms with van der Waals surface area (Å²) in [5.74, 6) is -1.29. The van der Waals surface area contributed by atoms with Crippen molar-refractivity contribution in [3.05, 3.63) is 64.9 Å². The van der Waals surface area contributed by atoms with Crippen LogP contribution < -0.4 is 10.9 Å². The Bertz CT molecular complexity index is 679. The van der Waals surface area contributed by atoms with Crippen molar-refractivity contribution in [2.45, 2.75) is 4.90 Å². The second-order valence-electron chi connectivity index (χ2n) is 4.23. The molecule has 2 N–H and O–H groups in total. The van der Waals surface area contributed by atoms with Gasteiger partial charge in [0.15, 0.2) is 0 Å². The summed E-state index contributed by atoms with van der Waals surface area (Å²) >= 11 is 6.77. The summed E-state index contributed by atoms with van der Waals surface area (Å²) in [5.41, 5.74) is 4.92. The Morgan fingerprint density at radius 3 is 2.41 bits per heavy atom. The predicted molar refractivity (Wildman–Crippen MR) is 84.2 cm³/mol. The molecule has 7 heteroatoms. The van der Waals surface area contributed by atoms with E-state index in [0.29, 0.717) is 15.5 Å². The number of carbonyl (C=O) groups is 2. The average molecular weight is 339 g/mol. The first-order valence-electron chi connectivity index (χ1n) is 6.28. The van der Waals surface area contributed by atoms with Crippen LogP contribution in [0.15, 0.2) is 53.4 Å². The topological polar surface area (TPSA) is 58.2 Å². The number of hydrogen-bond donors (Lipinski definition) is 2. The second kappa shape index (κ2) is 7.82. The standard InChI is InChI=1S/C15H12ClFN2O2S/c16-11-7-5-10(6-8-11)15(21)19-18-14(20)9-22-13-4-2-1-3-12(13)17/h1-8H,9H2,(H,18,20)(H,19,21). The Morgan fingerprint density at radius 2 is 1.73 bits per heavy atom. The highest BCUT2D eigenvalue weighted by atomic mass is 35.5. The van der Waals surface area contributed by atoms with Crippen LogP contribution in [0, 0.1) is 5.82 Å². The molecule has 0 aliphatic carbocycles. The van der Waals surface area contributed by atoms with Crippen LogP contribution in [0.4, 0.5) is 4.39 Å². The van der Waals surface area contributed by atoms with E-state index in [2.05, 4.69) is 10.9 Å². The Kier molecular flexibility index (Phi) is 5.80. The third-order valence-corrected chi connectivity index (χ3v) is 3.92. The molecule has 0 bridgehead atoms. The molecule has 0 aliphatic heterocycles. The van der Waals surface area contributed by atoms with E-state index in [1.807, 2.05) is 0 Å². The maximum absolute atomic E-state index is 13.4. The molecule has 0 aromatic heterocycles. The molecule has 22 heavy (non-hydrogen) atoms. The van der Waals surface area contributed by atoms with Crippen molar-refractivity contribution in [2.24, 2.45) is 0 Å². The van der Waals surface area contributed by atoms with Crippen LogP contribution in [-0.2, 0) is 4.79 Å². The van der Waals surface area contributed by atoms with Crippen molar-refractivity contribution >= 4 is 35.2 Å². The van der Waals surface area contributed by atoms with Gasteiger partial charge >= 0.3 is 0 Å². The molecule has 0 radical (unpaired) electrons. The van der Waals surface area contributed by atoms with Gasteiger partial charge in [0.05, 0.1) is 5.75 Å². The molecular formula is C15H12ClFN2O2S. The van der Waals surface area contributed by atoms with Gasteiger partial charge in [0, 0.05) is 15.5 Å². The molecular weight excluding hydrogens is 327 g/mol. The molecule has 0 fully saturated rings. The summed E-state index contributed by atoms with van der Waals surface area (Å²) in [6.45, 7) is 0. The number of hydrazine groups is 1. The lowest BCUT2D eigenvalue weighted by Crippen LogP contribution is -2.42. The van der Waals surface area contributed by atoms with E-state index in [-0.39, 0.29) is 11.6 Å². The minimum Gasteiger partial charge on any atom is -0.272 e. The largest absolute Gasteiger partial charge is 0.272 e. The molecule has 0 heterocycles. The summed E-state index contributed by atoms with van der Waals surface area (Å²) in [4.78, 5) is 23.8. The number of halogens is 2. The number of thioether (sulfide) groups is 1. The maximum Gasteiger partial charge on any atom is 0.269 e. The fourth-order valence-electron chi connectivity index (χ4n) is 1.54. The molecule has 2 aromatic rings. The zero-order valence-electron chi connectivity index (χ0n) is 11.3. The van der Waals surface area contributed by atoms with Gasteiger partial charge in [-0.05, 0) is 36.4 Å². The van der Waals surface area contributed by atoms with Crippen molar-refractivity contribution in [1.82, 2.24) is 10.9 Å². The Morgan fingerprint density at radius 1 is 1.05 bits per heavy atom. The van der Waals surface area contributed by atoms with Gasteiger partial charge in [-0.1, -0.05) is 23.7 Å². The van der Waals surface area contributed by atoms with E-state index in [1.54, 1.807) is 30.3 Å². The van der Waals surface area contributed by atoms with Gasteiger partial charge in [-0.2, -0.15) is 0 Å². The lowest BCUT2D eigenvalue weighted by Gasteiger charge is -2.07. The Hall–Kier alpha value is -2.05. The van der Waals surface area contributed by atoms with Gasteiger partial charge in [0.1, 0.15) is 5.82 Å². The summed E-state index contributed by atoms with van der Waals surface area (Å²) < 4.78 is 13.4. The fraction of sp³-hybridized carbons (Fsp3) is 0.0667. The second-order valence-corrected chi connectivity index (χ2v) is 5.68. The van der Waals surface area contributed by atoms with Gasteiger partial charge in [0.2, 0.25) is 5.91 Å². The van der Waals surface area contributed by atoms with Crippen molar-refractivity contribution < 1.29 is 14.0 Å². The minimum atomic E-state index is -0.457. The van der Waals surface area contributed by atoms with Gasteiger partial charge in [-0.3, -0.25) is 20.4 Å². The average Bonchev–Trinajstić information content (AvgIpc) is 2.52. The molecule has 0 saturated heterocycles. The van der Waals surface area contributed by atoms with E-state index >= 15 is 0 Å². The number of benzene rings is 2. The third-order valence-electron chi connectivity index (χ3n) is 2.62. The van der Waals surface area contributed by atoms with Crippen LogP contribution in [0.3, 0.4) is 0 Å². The molecule has 0 spiro atoms. The highest BCUT2D eigenvalue weighted by Crippen LogP contribution is 2.20. The first-order chi connectivity index (χ1) is 10.6. The number of rotatable bonds is 4. The third kappa shape index (κ3) is 4.75. The normalized spacial score (nSPS) is 10.1. The number of amides is 2. The summed E-state index contributed by atoms with van der Waals surface area (Å²) in [6, 6.07) is 12.4. The van der Waals surface area contributed by atoms with Crippen molar-refractivity contribution in [3.8, 4) is 0 Å². The Balaban J connectivity index is 1.79. The molecule has 2 amide bonds. The van der Waals surface area contributed by atoms with Gasteiger partial charge in [-0.15, -0.1) is 11.8 Å². The van der Waals surface area contributed by atoms with Crippen LogP contribution in [0.1, 0.15) is 10.4 Å². The molecule has 0 atom stereocenters. The molecule has 4 nitrogen and oxygen atoms in total. The van der Waals surface area contributed by atoms with Crippen molar-refractivity contribution in [1.29, 1.82) is 0 Å². The van der Waals surface area contributed by atoms with Crippen molar-refractivity contribution in [2.75, 3.05) is 5.75 Å². The van der Waals surface area contributed by atoms with Gasteiger partial charge in [-0.25, -0.2) is 4.39 Å². The summed E-state index contributed by atoms with van der Waals surface area (Å²) in [5, 5.41) is 0.516. The zero-order chi connectivity index (χ0) is 15.9. The minimum absolute atomic E-state index is 0.0121. The van der Waals surface area contributed by atoms with Crippen LogP contribution in [0.5, 0.6) is 0 Å². The van der Waals surface area contributed by atoms with E-state index in [4.69, 9.17) is 11.6 Å². The van der Waals surface area contributed by atoms with Crippen LogP contribution in [0.25, 0.3) is 0 Å². The number of carbonyl (C=O) groups excluding carboxylic acids is 2. The fourth-order valence-corrected chi connectivity index (χ4v) is 2.41. The highest BCUT2D eigenvalue weighted by molar-refractivity contribution is 8.00. The van der Waals surface area contributed by atoms with Crippen LogP contribution in [-0.4, -0.2) is 17.6 Å². The summed E-state index contributed by atoms with van der Waals surface area (Å²) in [7, 11) is 0. The predicted octanol–water partition coefficient (Wildman–Crippen LogP) is 3.03. The molecule has 0 aliphatic rings. The monoisotopic (exact) mass is 338 g/mol. The summed E-state index contributed by atoms with van der Waals surface area (Å²) in [6.07, 6.45) is 0. The lowest BCUT2D eigenvalue weighted by atomic mass is 10.2. The number of hydrogen-bond acceptors (Lipinski definition) is 3. The quantitative estimate of drug-likeness (QED) is 0.665. The van der Waals surface area contributed by atoms with E-state index in [1.165, 1.54) is 18.2 Å². The van der Waals surface area contributed by atoms with Crippen LogP contribution in [0.2, 0.25) is 5.02 Å². The molecule has 0 saturated carbocycles. The molecule has 2 rings (SSSR count). The maximum atomic E-state index is 13.4. The van der Waals surface area contributed by atoms with E-state index < -0.39 is 11.8 Å². The smallest absolute Gasteiger partial charge is 0.269 e. The van der Waals surface area contributed by atoms with Crippen molar-refractivity contribution in [3.63, 3.8) is 0 Å². The first-order valence-corrected chi connectivity index (χ1v) is 7.64. The molecule has 114 valence electrons. The van der Waals surface area contributed by atoms with Gasteiger partial charge in [0.25, 0.3) is 5.91 Å². The van der Waals surface area contributed by atoms with E-state index in [9.17, 15) is 14.0 Å². The van der Waals surface area contributed by atoms with Gasteiger partial charge < -0.3 is 0 Å².